The Morgan fingerprint density at radius 2 is 1.72 bits per heavy atom. The van der Waals surface area contributed by atoms with Crippen molar-refractivity contribution in [2.75, 3.05) is 33.8 Å². The zero-order chi connectivity index (χ0) is 23.0. The second-order valence-corrected chi connectivity index (χ2v) is 8.75. The van der Waals surface area contributed by atoms with Crippen molar-refractivity contribution in [2.45, 2.75) is 31.9 Å². The van der Waals surface area contributed by atoms with E-state index in [4.69, 9.17) is 10.5 Å². The first-order chi connectivity index (χ1) is 15.4. The molecule has 0 bridgehead atoms. The monoisotopic (exact) mass is 438 g/mol. The van der Waals surface area contributed by atoms with Crippen LogP contribution in [0.3, 0.4) is 0 Å². The molecule has 1 fully saturated rings. The molecule has 1 aliphatic rings. The van der Waals surface area contributed by atoms with E-state index in [-0.39, 0.29) is 18.4 Å². The lowest BCUT2D eigenvalue weighted by Crippen LogP contribution is -2.58. The van der Waals surface area contributed by atoms with Gasteiger partial charge in [0.25, 0.3) is 0 Å². The van der Waals surface area contributed by atoms with Crippen LogP contribution in [-0.2, 0) is 27.4 Å². The molecule has 2 atom stereocenters. The number of benzene rings is 2. The highest BCUT2D eigenvalue weighted by atomic mass is 16.5. The third-order valence-corrected chi connectivity index (χ3v) is 5.81. The number of hydrazine groups is 1. The Morgan fingerprint density at radius 1 is 1.09 bits per heavy atom. The molecule has 2 amide bonds. The van der Waals surface area contributed by atoms with E-state index in [9.17, 15) is 9.59 Å². The number of rotatable bonds is 9. The van der Waals surface area contributed by atoms with Crippen LogP contribution in [0.15, 0.2) is 60.7 Å². The van der Waals surface area contributed by atoms with E-state index in [0.717, 1.165) is 17.5 Å². The summed E-state index contributed by atoms with van der Waals surface area (Å²) in [6, 6.07) is 19.0. The van der Waals surface area contributed by atoms with Crippen molar-refractivity contribution in [3.63, 3.8) is 0 Å². The Hall–Kier alpha value is -2.74. The van der Waals surface area contributed by atoms with Gasteiger partial charge in [0.15, 0.2) is 0 Å². The first kappa shape index (κ1) is 23.9. The molecule has 172 valence electrons. The van der Waals surface area contributed by atoms with Gasteiger partial charge < -0.3 is 15.4 Å². The molecule has 3 N–H and O–H groups in total. The molecule has 7 heteroatoms. The standard InChI is InChI=1S/C25H34N4O3/c1-28(2)27-24(31)25(16-20-10-5-3-6-11-20)14-9-15-29(19-25)23(30)22(26)18-32-17-21-12-7-4-8-13-21/h3-8,10-13,22H,9,14-19,26H2,1-2H3,(H,27,31)/t22-,25?/m1/s1. The third kappa shape index (κ3) is 6.38. The lowest BCUT2D eigenvalue weighted by atomic mass is 9.74. The molecule has 0 radical (unpaired) electrons. The van der Waals surface area contributed by atoms with Crippen LogP contribution >= 0.6 is 0 Å². The van der Waals surface area contributed by atoms with Gasteiger partial charge in [-0.3, -0.25) is 15.0 Å². The lowest BCUT2D eigenvalue weighted by Gasteiger charge is -2.43. The van der Waals surface area contributed by atoms with Gasteiger partial charge in [-0.2, -0.15) is 0 Å². The van der Waals surface area contributed by atoms with E-state index in [2.05, 4.69) is 5.43 Å². The van der Waals surface area contributed by atoms with Gasteiger partial charge in [0.05, 0.1) is 18.6 Å². The van der Waals surface area contributed by atoms with Crippen LogP contribution in [-0.4, -0.2) is 61.6 Å². The number of nitrogens with two attached hydrogens (primary N) is 1. The minimum Gasteiger partial charge on any atom is -0.375 e. The molecular weight excluding hydrogens is 404 g/mol. The van der Waals surface area contributed by atoms with Crippen LogP contribution in [0.2, 0.25) is 0 Å². The number of amides is 2. The highest BCUT2D eigenvalue weighted by molar-refractivity contribution is 5.86. The molecule has 1 aliphatic heterocycles. The van der Waals surface area contributed by atoms with Crippen LogP contribution in [0.4, 0.5) is 0 Å². The van der Waals surface area contributed by atoms with Gasteiger partial charge >= 0.3 is 0 Å². The second-order valence-electron chi connectivity index (χ2n) is 8.75. The molecule has 2 aromatic carbocycles. The van der Waals surface area contributed by atoms with Crippen LogP contribution in [0, 0.1) is 5.41 Å². The molecule has 1 saturated heterocycles. The van der Waals surface area contributed by atoms with E-state index < -0.39 is 11.5 Å². The SMILES string of the molecule is CN(C)NC(=O)C1(Cc2ccccc2)CCCN(C(=O)[C@H](N)COCc2ccccc2)C1. The number of nitrogens with zero attached hydrogens (tertiary/aromatic N) is 2. The number of hydrogen-bond acceptors (Lipinski definition) is 5. The Kier molecular flexibility index (Phi) is 8.39. The summed E-state index contributed by atoms with van der Waals surface area (Å²) in [5.74, 6) is -0.245. The summed E-state index contributed by atoms with van der Waals surface area (Å²) in [5.41, 5.74) is 10.5. The molecule has 32 heavy (non-hydrogen) atoms. The zero-order valence-corrected chi connectivity index (χ0v) is 19.0. The number of carbonyl (C=O) groups excluding carboxylic acids is 2. The van der Waals surface area contributed by atoms with E-state index in [0.29, 0.717) is 32.5 Å². The predicted octanol–water partition coefficient (Wildman–Crippen LogP) is 1.97. The minimum absolute atomic E-state index is 0.0715. The van der Waals surface area contributed by atoms with Gasteiger partial charge in [0, 0.05) is 27.2 Å². The van der Waals surface area contributed by atoms with Crippen LogP contribution in [0.5, 0.6) is 0 Å². The first-order valence-electron chi connectivity index (χ1n) is 11.1. The Labute approximate surface area is 190 Å². The quantitative estimate of drug-likeness (QED) is 0.585. The maximum absolute atomic E-state index is 13.3. The van der Waals surface area contributed by atoms with Gasteiger partial charge in [0.1, 0.15) is 6.04 Å². The summed E-state index contributed by atoms with van der Waals surface area (Å²) in [6.45, 7) is 1.48. The molecule has 0 spiro atoms. The molecule has 7 nitrogen and oxygen atoms in total. The van der Waals surface area contributed by atoms with Crippen LogP contribution in [0.25, 0.3) is 0 Å². The number of carbonyl (C=O) groups is 2. The van der Waals surface area contributed by atoms with Crippen LogP contribution in [0.1, 0.15) is 24.0 Å². The fourth-order valence-corrected chi connectivity index (χ4v) is 4.22. The summed E-state index contributed by atoms with van der Waals surface area (Å²) in [6.07, 6.45) is 2.03. The van der Waals surface area contributed by atoms with Gasteiger partial charge in [-0.1, -0.05) is 60.7 Å². The molecule has 1 unspecified atom stereocenters. The Balaban J connectivity index is 1.67. The van der Waals surface area contributed by atoms with Gasteiger partial charge in [0.2, 0.25) is 11.8 Å². The number of ether oxygens (including phenoxy) is 1. The Morgan fingerprint density at radius 3 is 2.34 bits per heavy atom. The average molecular weight is 439 g/mol. The fraction of sp³-hybridized carbons (Fsp3) is 0.440. The van der Waals surface area contributed by atoms with Gasteiger partial charge in [-0.05, 0) is 30.4 Å². The normalized spacial score (nSPS) is 19.6. The molecule has 3 rings (SSSR count). The zero-order valence-electron chi connectivity index (χ0n) is 19.0. The fourth-order valence-electron chi connectivity index (χ4n) is 4.22. The molecule has 0 aliphatic carbocycles. The molecule has 2 aromatic rings. The van der Waals surface area contributed by atoms with Crippen molar-refractivity contribution in [3.8, 4) is 0 Å². The maximum atomic E-state index is 13.3. The largest absolute Gasteiger partial charge is 0.375 e. The van der Waals surface area contributed by atoms with Gasteiger partial charge in [-0.15, -0.1) is 0 Å². The summed E-state index contributed by atoms with van der Waals surface area (Å²) in [7, 11) is 3.58. The Bertz CT molecular complexity index is 875. The predicted molar refractivity (Wildman–Crippen MR) is 124 cm³/mol. The molecule has 1 heterocycles. The number of likely N-dealkylation sites (tertiary alicyclic amines) is 1. The molecule has 0 saturated carbocycles. The highest BCUT2D eigenvalue weighted by Gasteiger charge is 2.44. The van der Waals surface area contributed by atoms with E-state index in [1.54, 1.807) is 24.0 Å². The molecular formula is C25H34N4O3. The lowest BCUT2D eigenvalue weighted by molar-refractivity contribution is -0.145. The molecule has 0 aromatic heterocycles. The topological polar surface area (TPSA) is 87.9 Å². The van der Waals surface area contributed by atoms with Crippen molar-refractivity contribution < 1.29 is 14.3 Å². The maximum Gasteiger partial charge on any atom is 0.242 e. The third-order valence-electron chi connectivity index (χ3n) is 5.81. The number of hydrogen-bond donors (Lipinski definition) is 2. The summed E-state index contributed by atoms with van der Waals surface area (Å²) < 4.78 is 5.68. The number of piperidine rings is 1. The van der Waals surface area contributed by atoms with E-state index in [1.165, 1.54) is 0 Å². The second kappa shape index (κ2) is 11.2. The summed E-state index contributed by atoms with van der Waals surface area (Å²) >= 11 is 0. The average Bonchev–Trinajstić information content (AvgIpc) is 2.79. The smallest absolute Gasteiger partial charge is 0.242 e. The van der Waals surface area contributed by atoms with Crippen molar-refractivity contribution >= 4 is 11.8 Å². The number of nitrogens with one attached hydrogen (secondary N) is 1. The van der Waals surface area contributed by atoms with Gasteiger partial charge in [-0.25, -0.2) is 5.01 Å². The van der Waals surface area contributed by atoms with Crippen molar-refractivity contribution in [3.05, 3.63) is 71.8 Å². The summed E-state index contributed by atoms with van der Waals surface area (Å²) in [4.78, 5) is 28.1. The minimum atomic E-state index is -0.761. The van der Waals surface area contributed by atoms with Crippen molar-refractivity contribution in [1.82, 2.24) is 15.3 Å². The van der Waals surface area contributed by atoms with Crippen LogP contribution < -0.4 is 11.2 Å². The highest BCUT2D eigenvalue weighted by Crippen LogP contribution is 2.34. The van der Waals surface area contributed by atoms with Crippen molar-refractivity contribution in [1.29, 1.82) is 0 Å². The first-order valence-corrected chi connectivity index (χ1v) is 11.1. The van der Waals surface area contributed by atoms with E-state index >= 15 is 0 Å². The summed E-state index contributed by atoms with van der Waals surface area (Å²) in [5, 5.41) is 1.65. The van der Waals surface area contributed by atoms with E-state index in [1.807, 2.05) is 60.7 Å². The van der Waals surface area contributed by atoms with Crippen molar-refractivity contribution in [2.24, 2.45) is 11.1 Å².